The zero-order chi connectivity index (χ0) is 11.4. The molecule has 0 radical (unpaired) electrons. The summed E-state index contributed by atoms with van der Waals surface area (Å²) in [6.45, 7) is 4.41. The van der Waals surface area contributed by atoms with Crippen molar-refractivity contribution in [1.82, 2.24) is 4.90 Å². The molecule has 0 aliphatic carbocycles. The van der Waals surface area contributed by atoms with Gasteiger partial charge in [0.05, 0.1) is 18.8 Å². The molecule has 2 heterocycles. The average molecular weight is 229 g/mol. The quantitative estimate of drug-likeness (QED) is 0.765. The second-order valence-electron chi connectivity index (χ2n) is 4.93. The highest BCUT2D eigenvalue weighted by molar-refractivity contribution is 4.85. The van der Waals surface area contributed by atoms with E-state index in [1.54, 1.807) is 7.11 Å². The predicted octanol–water partition coefficient (Wildman–Crippen LogP) is 0.495. The molecule has 2 aliphatic rings. The molecule has 0 bridgehead atoms. The number of aliphatic hydroxyl groups excluding tert-OH is 1. The highest BCUT2D eigenvalue weighted by Crippen LogP contribution is 2.22. The molecule has 0 spiro atoms. The van der Waals surface area contributed by atoms with E-state index in [1.807, 2.05) is 0 Å². The first-order chi connectivity index (χ1) is 7.81. The first-order valence-electron chi connectivity index (χ1n) is 6.30. The van der Waals surface area contributed by atoms with Gasteiger partial charge in [0.1, 0.15) is 0 Å². The van der Waals surface area contributed by atoms with Gasteiger partial charge in [0.25, 0.3) is 0 Å². The Balaban J connectivity index is 1.79. The Morgan fingerprint density at radius 3 is 2.69 bits per heavy atom. The van der Waals surface area contributed by atoms with Crippen molar-refractivity contribution in [3.63, 3.8) is 0 Å². The van der Waals surface area contributed by atoms with Gasteiger partial charge in [-0.05, 0) is 38.3 Å². The van der Waals surface area contributed by atoms with Gasteiger partial charge in [0.15, 0.2) is 0 Å². The van der Waals surface area contributed by atoms with Gasteiger partial charge >= 0.3 is 0 Å². The van der Waals surface area contributed by atoms with E-state index in [2.05, 4.69) is 4.90 Å². The third-order valence-electron chi connectivity index (χ3n) is 3.81. The Kier molecular flexibility index (Phi) is 4.58. The fraction of sp³-hybridized carbons (Fsp3) is 1.00. The van der Waals surface area contributed by atoms with Crippen LogP contribution in [0.1, 0.15) is 19.3 Å². The first-order valence-corrected chi connectivity index (χ1v) is 6.30. The Hall–Kier alpha value is -0.160. The third kappa shape index (κ3) is 2.94. The minimum Gasteiger partial charge on any atom is -0.391 e. The standard InChI is InChI=1S/C12H23NO3/c1-15-8-10-2-5-13(6-3-10)11-9-16-7-4-12(11)14/h10-12,14H,2-9H2,1H3. The molecule has 0 aromatic rings. The summed E-state index contributed by atoms with van der Waals surface area (Å²) in [7, 11) is 1.77. The maximum absolute atomic E-state index is 9.94. The molecule has 4 heteroatoms. The predicted molar refractivity (Wildman–Crippen MR) is 61.4 cm³/mol. The molecular weight excluding hydrogens is 206 g/mol. The van der Waals surface area contributed by atoms with Crippen LogP contribution in [-0.4, -0.2) is 62.2 Å². The number of nitrogens with zero attached hydrogens (tertiary/aromatic N) is 1. The van der Waals surface area contributed by atoms with E-state index < -0.39 is 0 Å². The maximum Gasteiger partial charge on any atom is 0.0739 e. The number of aliphatic hydroxyl groups is 1. The molecule has 4 nitrogen and oxygen atoms in total. The monoisotopic (exact) mass is 229 g/mol. The molecule has 1 N–H and O–H groups in total. The lowest BCUT2D eigenvalue weighted by atomic mass is 9.94. The lowest BCUT2D eigenvalue weighted by molar-refractivity contribution is -0.0709. The average Bonchev–Trinajstić information content (AvgIpc) is 2.31. The summed E-state index contributed by atoms with van der Waals surface area (Å²) in [4.78, 5) is 2.38. The fourth-order valence-corrected chi connectivity index (χ4v) is 2.75. The van der Waals surface area contributed by atoms with Crippen molar-refractivity contribution < 1.29 is 14.6 Å². The van der Waals surface area contributed by atoms with Crippen LogP contribution in [0.5, 0.6) is 0 Å². The van der Waals surface area contributed by atoms with Gasteiger partial charge in [0, 0.05) is 20.3 Å². The largest absolute Gasteiger partial charge is 0.391 e. The van der Waals surface area contributed by atoms with Crippen LogP contribution in [0.25, 0.3) is 0 Å². The molecule has 16 heavy (non-hydrogen) atoms. The molecule has 2 fully saturated rings. The lowest BCUT2D eigenvalue weighted by Gasteiger charge is -2.41. The van der Waals surface area contributed by atoms with E-state index in [0.29, 0.717) is 19.1 Å². The highest BCUT2D eigenvalue weighted by atomic mass is 16.5. The highest BCUT2D eigenvalue weighted by Gasteiger charge is 2.31. The number of hydrogen-bond donors (Lipinski definition) is 1. The van der Waals surface area contributed by atoms with E-state index in [9.17, 15) is 5.11 Å². The number of methoxy groups -OCH3 is 1. The smallest absolute Gasteiger partial charge is 0.0739 e. The second kappa shape index (κ2) is 5.96. The van der Waals surface area contributed by atoms with Crippen molar-refractivity contribution in [1.29, 1.82) is 0 Å². The van der Waals surface area contributed by atoms with Crippen LogP contribution in [0.3, 0.4) is 0 Å². The van der Waals surface area contributed by atoms with E-state index in [0.717, 1.165) is 26.1 Å². The fourth-order valence-electron chi connectivity index (χ4n) is 2.75. The summed E-state index contributed by atoms with van der Waals surface area (Å²) in [6, 6.07) is 0.220. The Labute approximate surface area is 97.5 Å². The van der Waals surface area contributed by atoms with Crippen LogP contribution in [0.2, 0.25) is 0 Å². The Morgan fingerprint density at radius 1 is 1.31 bits per heavy atom. The lowest BCUT2D eigenvalue weighted by Crippen LogP contribution is -2.52. The number of likely N-dealkylation sites (tertiary alicyclic amines) is 1. The zero-order valence-electron chi connectivity index (χ0n) is 10.1. The van der Waals surface area contributed by atoms with Gasteiger partial charge < -0.3 is 14.6 Å². The van der Waals surface area contributed by atoms with Crippen LogP contribution in [0.15, 0.2) is 0 Å². The van der Waals surface area contributed by atoms with E-state index in [-0.39, 0.29) is 12.1 Å². The Morgan fingerprint density at radius 2 is 2.06 bits per heavy atom. The van der Waals surface area contributed by atoms with E-state index in [4.69, 9.17) is 9.47 Å². The molecule has 94 valence electrons. The van der Waals surface area contributed by atoms with Crippen molar-refractivity contribution >= 4 is 0 Å². The minimum absolute atomic E-state index is 0.201. The molecule has 2 unspecified atom stereocenters. The molecule has 2 aliphatic heterocycles. The second-order valence-corrected chi connectivity index (χ2v) is 4.93. The number of rotatable bonds is 3. The number of ether oxygens (including phenoxy) is 2. The van der Waals surface area contributed by atoms with Gasteiger partial charge in [-0.3, -0.25) is 4.90 Å². The first kappa shape index (κ1) is 12.3. The summed E-state index contributed by atoms with van der Waals surface area (Å²) < 4.78 is 10.6. The van der Waals surface area contributed by atoms with Gasteiger partial charge in [-0.1, -0.05) is 0 Å². The van der Waals surface area contributed by atoms with Crippen LogP contribution in [0.4, 0.5) is 0 Å². The van der Waals surface area contributed by atoms with Crippen molar-refractivity contribution in [2.24, 2.45) is 5.92 Å². The third-order valence-corrected chi connectivity index (χ3v) is 3.81. The topological polar surface area (TPSA) is 41.9 Å². The molecule has 0 aromatic carbocycles. The van der Waals surface area contributed by atoms with Crippen molar-refractivity contribution in [2.45, 2.75) is 31.4 Å². The van der Waals surface area contributed by atoms with Crippen molar-refractivity contribution in [3.8, 4) is 0 Å². The number of piperidine rings is 1. The van der Waals surface area contributed by atoms with Crippen LogP contribution in [0, 0.1) is 5.92 Å². The molecule has 2 saturated heterocycles. The van der Waals surface area contributed by atoms with Crippen molar-refractivity contribution in [2.75, 3.05) is 40.0 Å². The molecule has 0 aromatic heterocycles. The summed E-state index contributed by atoms with van der Waals surface area (Å²) in [5.41, 5.74) is 0. The van der Waals surface area contributed by atoms with Crippen LogP contribution in [-0.2, 0) is 9.47 Å². The van der Waals surface area contributed by atoms with E-state index in [1.165, 1.54) is 12.8 Å². The summed E-state index contributed by atoms with van der Waals surface area (Å²) in [5.74, 6) is 0.697. The zero-order valence-corrected chi connectivity index (χ0v) is 10.1. The Bertz CT molecular complexity index is 204. The molecule has 0 saturated carbocycles. The van der Waals surface area contributed by atoms with Gasteiger partial charge in [0.2, 0.25) is 0 Å². The normalized spacial score (nSPS) is 34.1. The summed E-state index contributed by atoms with van der Waals surface area (Å²) in [6.07, 6.45) is 2.93. The number of hydrogen-bond acceptors (Lipinski definition) is 4. The summed E-state index contributed by atoms with van der Waals surface area (Å²) >= 11 is 0. The van der Waals surface area contributed by atoms with Crippen LogP contribution >= 0.6 is 0 Å². The van der Waals surface area contributed by atoms with Crippen molar-refractivity contribution in [3.05, 3.63) is 0 Å². The van der Waals surface area contributed by atoms with E-state index >= 15 is 0 Å². The van der Waals surface area contributed by atoms with Gasteiger partial charge in [-0.25, -0.2) is 0 Å². The minimum atomic E-state index is -0.201. The van der Waals surface area contributed by atoms with Gasteiger partial charge in [-0.15, -0.1) is 0 Å². The maximum atomic E-state index is 9.94. The molecule has 0 amide bonds. The van der Waals surface area contributed by atoms with Crippen LogP contribution < -0.4 is 0 Å². The summed E-state index contributed by atoms with van der Waals surface area (Å²) in [5, 5.41) is 9.94. The van der Waals surface area contributed by atoms with Gasteiger partial charge in [-0.2, -0.15) is 0 Å². The molecule has 2 atom stereocenters. The molecular formula is C12H23NO3. The molecule has 2 rings (SSSR count). The SMILES string of the molecule is COCC1CCN(C2COCCC2O)CC1.